The number of carboxylic acids is 1. The van der Waals surface area contributed by atoms with Crippen LogP contribution in [0.2, 0.25) is 0 Å². The third-order valence-corrected chi connectivity index (χ3v) is 5.94. The van der Waals surface area contributed by atoms with Gasteiger partial charge in [0.15, 0.2) is 0 Å². The van der Waals surface area contributed by atoms with Crippen LogP contribution in [-0.4, -0.2) is 37.2 Å². The summed E-state index contributed by atoms with van der Waals surface area (Å²) in [6, 6.07) is 1.74. The molecule has 0 aliphatic heterocycles. The zero-order valence-electron chi connectivity index (χ0n) is 17.5. The molecule has 5 nitrogen and oxygen atoms in total. The van der Waals surface area contributed by atoms with E-state index in [2.05, 4.69) is 18.8 Å². The zero-order valence-corrected chi connectivity index (χ0v) is 18.3. The van der Waals surface area contributed by atoms with Crippen molar-refractivity contribution < 1.29 is 19.4 Å². The van der Waals surface area contributed by atoms with Crippen LogP contribution in [0.1, 0.15) is 67.9 Å². The first-order valence-corrected chi connectivity index (χ1v) is 10.6. The molecule has 1 aromatic rings. The fourth-order valence-electron chi connectivity index (χ4n) is 3.31. The van der Waals surface area contributed by atoms with E-state index in [4.69, 9.17) is 4.74 Å². The molecule has 1 aliphatic rings. The highest BCUT2D eigenvalue weighted by atomic mass is 32.1. The first-order valence-electron chi connectivity index (χ1n) is 9.83. The minimum atomic E-state index is -1.03. The van der Waals surface area contributed by atoms with Crippen LogP contribution in [0, 0.1) is 29.1 Å². The van der Waals surface area contributed by atoms with Crippen LogP contribution < -0.4 is 4.90 Å². The number of methoxy groups -OCH3 is 1. The van der Waals surface area contributed by atoms with Gasteiger partial charge in [-0.15, -0.1) is 11.3 Å². The normalized spacial score (nSPS) is 19.6. The van der Waals surface area contributed by atoms with Gasteiger partial charge in [0.05, 0.1) is 17.2 Å². The van der Waals surface area contributed by atoms with Crippen molar-refractivity contribution in [2.75, 3.05) is 25.2 Å². The number of hydrogen-bond acceptors (Lipinski definition) is 4. The van der Waals surface area contributed by atoms with Crippen LogP contribution in [0.3, 0.4) is 0 Å². The molecule has 0 radical (unpaired) electrons. The Hall–Kier alpha value is -1.84. The highest BCUT2D eigenvalue weighted by Crippen LogP contribution is 2.35. The maximum Gasteiger partial charge on any atom is 0.348 e. The number of amides is 1. The van der Waals surface area contributed by atoms with Gasteiger partial charge in [-0.2, -0.15) is 0 Å². The zero-order chi connectivity index (χ0) is 20.9. The van der Waals surface area contributed by atoms with Crippen molar-refractivity contribution in [3.8, 4) is 11.8 Å². The number of thiophene rings is 1. The summed E-state index contributed by atoms with van der Waals surface area (Å²) in [5.41, 5.74) is 0.258. The summed E-state index contributed by atoms with van der Waals surface area (Å²) in [7, 11) is 1.58. The number of carboxylic acid groups (broad SMARTS) is 1. The van der Waals surface area contributed by atoms with E-state index in [1.54, 1.807) is 18.1 Å². The van der Waals surface area contributed by atoms with Crippen molar-refractivity contribution >= 4 is 28.9 Å². The topological polar surface area (TPSA) is 66.8 Å². The van der Waals surface area contributed by atoms with Gasteiger partial charge in [-0.1, -0.05) is 18.8 Å². The Kier molecular flexibility index (Phi) is 7.68. The maximum atomic E-state index is 13.3. The molecule has 1 saturated carbocycles. The molecule has 1 amide bonds. The molecule has 0 atom stereocenters. The average Bonchev–Trinajstić information content (AvgIpc) is 3.05. The van der Waals surface area contributed by atoms with Gasteiger partial charge in [-0.3, -0.25) is 4.79 Å². The summed E-state index contributed by atoms with van der Waals surface area (Å²) in [6.07, 6.45) is 3.78. The number of carbonyl (C=O) groups is 2. The van der Waals surface area contributed by atoms with E-state index in [0.29, 0.717) is 29.6 Å². The molecule has 6 heteroatoms. The number of rotatable bonds is 6. The first kappa shape index (κ1) is 22.4. The number of hydrogen-bond donors (Lipinski definition) is 1. The Balaban J connectivity index is 2.38. The Bertz CT molecular complexity index is 758. The molecule has 0 saturated heterocycles. The molecule has 154 valence electrons. The van der Waals surface area contributed by atoms with Crippen LogP contribution in [0.5, 0.6) is 0 Å². The van der Waals surface area contributed by atoms with Gasteiger partial charge in [0.2, 0.25) is 5.91 Å². The molecule has 0 aromatic carbocycles. The minimum absolute atomic E-state index is 0.000388. The molecule has 1 N–H and O–H groups in total. The second-order valence-electron chi connectivity index (χ2n) is 8.57. The highest BCUT2D eigenvalue weighted by molar-refractivity contribution is 7.15. The molecule has 0 unspecified atom stereocenters. The Morgan fingerprint density at radius 1 is 1.29 bits per heavy atom. The van der Waals surface area contributed by atoms with Crippen LogP contribution in [0.15, 0.2) is 6.07 Å². The van der Waals surface area contributed by atoms with Gasteiger partial charge in [-0.05, 0) is 58.4 Å². The molecular weight excluding hydrogens is 374 g/mol. The summed E-state index contributed by atoms with van der Waals surface area (Å²) in [5, 5.41) is 9.70. The van der Waals surface area contributed by atoms with E-state index in [1.165, 1.54) is 0 Å². The number of anilines is 1. The average molecular weight is 406 g/mol. The number of nitrogens with zero attached hydrogens (tertiary/aromatic N) is 1. The van der Waals surface area contributed by atoms with Crippen LogP contribution in [0.4, 0.5) is 5.69 Å². The molecule has 1 aromatic heterocycles. The van der Waals surface area contributed by atoms with Crippen molar-refractivity contribution in [2.45, 2.75) is 53.4 Å². The monoisotopic (exact) mass is 405 g/mol. The maximum absolute atomic E-state index is 13.3. The Morgan fingerprint density at radius 3 is 2.46 bits per heavy atom. The highest BCUT2D eigenvalue weighted by Gasteiger charge is 2.31. The van der Waals surface area contributed by atoms with E-state index in [0.717, 1.165) is 37.0 Å². The summed E-state index contributed by atoms with van der Waals surface area (Å²) >= 11 is 1.13. The lowest BCUT2D eigenvalue weighted by Crippen LogP contribution is -2.40. The van der Waals surface area contributed by atoms with E-state index in [9.17, 15) is 14.7 Å². The predicted molar refractivity (Wildman–Crippen MR) is 113 cm³/mol. The van der Waals surface area contributed by atoms with Gasteiger partial charge >= 0.3 is 5.97 Å². The van der Waals surface area contributed by atoms with Gasteiger partial charge in [0.25, 0.3) is 0 Å². The van der Waals surface area contributed by atoms with E-state index in [1.807, 2.05) is 20.8 Å². The van der Waals surface area contributed by atoms with E-state index >= 15 is 0 Å². The second kappa shape index (κ2) is 9.58. The number of aromatic carboxylic acids is 1. The molecular formula is C22H31NO4S. The lowest BCUT2D eigenvalue weighted by Gasteiger charge is -2.31. The lowest BCUT2D eigenvalue weighted by atomic mass is 9.82. The predicted octanol–water partition coefficient (Wildman–Crippen LogP) is 4.65. The number of carbonyl (C=O) groups excluding carboxylic acids is 1. The second-order valence-corrected chi connectivity index (χ2v) is 9.62. The Labute approximate surface area is 172 Å². The number of ether oxygens (including phenoxy) is 1. The standard InChI is InChI=1S/C22H31NO4S/c1-15-6-8-16(9-7-15)20(24)23(12-13-27-5)18-14-17(10-11-22(2,3)4)28-19(18)21(25)26/h14-16H,6-9,12-13H2,1-5H3,(H,25,26)/t15-,16-. The van der Waals surface area contributed by atoms with Gasteiger partial charge in [0.1, 0.15) is 4.88 Å². The van der Waals surface area contributed by atoms with Gasteiger partial charge < -0.3 is 14.7 Å². The van der Waals surface area contributed by atoms with Crippen LogP contribution >= 0.6 is 11.3 Å². The molecule has 1 fully saturated rings. The third kappa shape index (κ3) is 6.08. The quantitative estimate of drug-likeness (QED) is 0.700. The first-order chi connectivity index (χ1) is 13.1. The van der Waals surface area contributed by atoms with Crippen LogP contribution in [0.25, 0.3) is 0 Å². The largest absolute Gasteiger partial charge is 0.477 e. The molecule has 0 spiro atoms. The van der Waals surface area contributed by atoms with E-state index < -0.39 is 5.97 Å². The summed E-state index contributed by atoms with van der Waals surface area (Å²) in [4.78, 5) is 27.5. The fourth-order valence-corrected chi connectivity index (χ4v) is 4.16. The third-order valence-electron chi connectivity index (χ3n) is 4.91. The smallest absolute Gasteiger partial charge is 0.348 e. The minimum Gasteiger partial charge on any atom is -0.477 e. The van der Waals surface area contributed by atoms with E-state index in [-0.39, 0.29) is 22.1 Å². The van der Waals surface area contributed by atoms with Gasteiger partial charge in [0, 0.05) is 25.0 Å². The van der Waals surface area contributed by atoms with Crippen molar-refractivity contribution in [1.29, 1.82) is 0 Å². The SMILES string of the molecule is COCCN(c1cc(C#CC(C)(C)C)sc1C(=O)O)C(=O)[C@H]1CC[C@H](C)CC1. The molecule has 28 heavy (non-hydrogen) atoms. The Morgan fingerprint density at radius 2 is 1.93 bits per heavy atom. The summed E-state index contributed by atoms with van der Waals surface area (Å²) in [5.74, 6) is 5.76. The van der Waals surface area contributed by atoms with Crippen molar-refractivity contribution in [2.24, 2.45) is 17.3 Å². The lowest BCUT2D eigenvalue weighted by molar-refractivity contribution is -0.123. The van der Waals surface area contributed by atoms with Crippen molar-refractivity contribution in [1.82, 2.24) is 0 Å². The molecule has 2 rings (SSSR count). The molecule has 1 aliphatic carbocycles. The molecule has 0 bridgehead atoms. The summed E-state index contributed by atoms with van der Waals surface area (Å²) < 4.78 is 5.18. The van der Waals surface area contributed by atoms with Crippen LogP contribution in [-0.2, 0) is 9.53 Å². The van der Waals surface area contributed by atoms with Gasteiger partial charge in [-0.25, -0.2) is 4.79 Å². The summed E-state index contributed by atoms with van der Waals surface area (Å²) in [6.45, 7) is 8.92. The fraction of sp³-hybridized carbons (Fsp3) is 0.636. The van der Waals surface area contributed by atoms with Crippen molar-refractivity contribution in [3.05, 3.63) is 15.8 Å². The molecule has 1 heterocycles. The van der Waals surface area contributed by atoms with Crippen molar-refractivity contribution in [3.63, 3.8) is 0 Å².